The molecule has 0 saturated carbocycles. The Bertz CT molecular complexity index is 560. The Morgan fingerprint density at radius 3 is 2.78 bits per heavy atom. The molecule has 0 amide bonds. The lowest BCUT2D eigenvalue weighted by Crippen LogP contribution is -2.32. The lowest BCUT2D eigenvalue weighted by Gasteiger charge is -2.14. The Kier molecular flexibility index (Phi) is 4.89. The molecule has 1 aromatic rings. The average Bonchev–Trinajstić information content (AvgIpc) is 2.22. The highest BCUT2D eigenvalue weighted by molar-refractivity contribution is 9.10. The Morgan fingerprint density at radius 1 is 1.61 bits per heavy atom. The summed E-state index contributed by atoms with van der Waals surface area (Å²) >= 11 is 2.93. The second-order valence-electron chi connectivity index (χ2n) is 3.85. The first-order chi connectivity index (χ1) is 8.27. The van der Waals surface area contributed by atoms with Crippen molar-refractivity contribution in [3.05, 3.63) is 35.1 Å². The van der Waals surface area contributed by atoms with Gasteiger partial charge >= 0.3 is 0 Å². The van der Waals surface area contributed by atoms with Gasteiger partial charge in [-0.2, -0.15) is 0 Å². The normalized spacial score (nSPS) is 13.3. The van der Waals surface area contributed by atoms with Crippen molar-refractivity contribution >= 4 is 31.6 Å². The molecule has 0 fully saturated rings. The van der Waals surface area contributed by atoms with E-state index in [2.05, 4.69) is 27.2 Å². The fourth-order valence-corrected chi connectivity index (χ4v) is 3.29. The van der Waals surface area contributed by atoms with Gasteiger partial charge in [0.05, 0.1) is 10.2 Å². The molecule has 0 saturated heterocycles. The zero-order valence-corrected chi connectivity index (χ0v) is 12.2. The van der Waals surface area contributed by atoms with Gasteiger partial charge in [0, 0.05) is 6.04 Å². The number of nitrogens with one attached hydrogen (secondary N) is 1. The average molecular weight is 337 g/mol. The summed E-state index contributed by atoms with van der Waals surface area (Å²) in [6, 6.07) is 1.81. The summed E-state index contributed by atoms with van der Waals surface area (Å²) in [6.07, 6.45) is 2.10. The Hall–Kier alpha value is -0.920. The van der Waals surface area contributed by atoms with Crippen LogP contribution in [-0.2, 0) is 10.0 Å². The molecule has 1 atom stereocenters. The van der Waals surface area contributed by atoms with Gasteiger partial charge in [0.1, 0.15) is 10.7 Å². The van der Waals surface area contributed by atoms with Crippen LogP contribution < -0.4 is 10.5 Å². The van der Waals surface area contributed by atoms with Crippen LogP contribution in [0.5, 0.6) is 0 Å². The molecule has 0 aliphatic carbocycles. The maximum Gasteiger partial charge on any atom is 0.242 e. The maximum absolute atomic E-state index is 13.2. The van der Waals surface area contributed by atoms with E-state index in [-0.39, 0.29) is 21.1 Å². The minimum absolute atomic E-state index is 0.0495. The monoisotopic (exact) mass is 336 g/mol. The number of halogens is 2. The van der Waals surface area contributed by atoms with Crippen LogP contribution in [0, 0.1) is 5.82 Å². The second-order valence-corrected chi connectivity index (χ2v) is 6.39. The van der Waals surface area contributed by atoms with Crippen LogP contribution in [0.4, 0.5) is 10.1 Å². The highest BCUT2D eigenvalue weighted by Gasteiger charge is 2.21. The summed E-state index contributed by atoms with van der Waals surface area (Å²) in [6.45, 7) is 5.23. The summed E-state index contributed by atoms with van der Waals surface area (Å²) in [5, 5.41) is 0. The molecule has 18 heavy (non-hydrogen) atoms. The van der Waals surface area contributed by atoms with E-state index in [1.807, 2.05) is 0 Å². The van der Waals surface area contributed by atoms with Gasteiger partial charge in [-0.05, 0) is 41.4 Å². The molecule has 0 bridgehead atoms. The van der Waals surface area contributed by atoms with Crippen molar-refractivity contribution in [1.82, 2.24) is 4.72 Å². The van der Waals surface area contributed by atoms with Gasteiger partial charge in [0.2, 0.25) is 10.0 Å². The van der Waals surface area contributed by atoms with Gasteiger partial charge in [-0.15, -0.1) is 6.58 Å². The first kappa shape index (κ1) is 15.1. The summed E-state index contributed by atoms with van der Waals surface area (Å²) < 4.78 is 39.7. The third-order valence-electron chi connectivity index (χ3n) is 2.22. The van der Waals surface area contributed by atoms with Crippen LogP contribution in [0.3, 0.4) is 0 Å². The third-order valence-corrected chi connectivity index (χ3v) is 4.47. The SMILES string of the molecule is C=CCC(C)NS(=O)(=O)c1cc(Br)c(F)cc1N. The Morgan fingerprint density at radius 2 is 2.22 bits per heavy atom. The summed E-state index contributed by atoms with van der Waals surface area (Å²) in [5.74, 6) is -0.606. The summed E-state index contributed by atoms with van der Waals surface area (Å²) in [4.78, 5) is -0.147. The van der Waals surface area contributed by atoms with Crippen molar-refractivity contribution in [2.75, 3.05) is 5.73 Å². The third kappa shape index (κ3) is 3.54. The Labute approximate surface area is 114 Å². The standard InChI is InChI=1S/C11H14BrFN2O2S/c1-3-4-7(2)15-18(16,17)11-5-8(12)9(13)6-10(11)14/h3,5-7,15H,1,4,14H2,2H3. The van der Waals surface area contributed by atoms with Gasteiger partial charge in [-0.1, -0.05) is 6.08 Å². The number of sulfonamides is 1. The molecule has 0 radical (unpaired) electrons. The van der Waals surface area contributed by atoms with E-state index < -0.39 is 15.8 Å². The van der Waals surface area contributed by atoms with Crippen molar-refractivity contribution in [2.24, 2.45) is 0 Å². The summed E-state index contributed by atoms with van der Waals surface area (Å²) in [5.41, 5.74) is 5.40. The molecular formula is C11H14BrFN2O2S. The fraction of sp³-hybridized carbons (Fsp3) is 0.273. The molecule has 7 heteroatoms. The number of anilines is 1. The minimum atomic E-state index is -3.77. The van der Waals surface area contributed by atoms with E-state index in [0.29, 0.717) is 6.42 Å². The lowest BCUT2D eigenvalue weighted by molar-refractivity contribution is 0.562. The lowest BCUT2D eigenvalue weighted by atomic mass is 10.3. The molecule has 1 rings (SSSR count). The molecule has 0 aliphatic heterocycles. The molecule has 0 heterocycles. The number of hydrogen-bond acceptors (Lipinski definition) is 3. The van der Waals surface area contributed by atoms with E-state index >= 15 is 0 Å². The van der Waals surface area contributed by atoms with E-state index in [4.69, 9.17) is 5.73 Å². The van der Waals surface area contributed by atoms with E-state index in [9.17, 15) is 12.8 Å². The van der Waals surface area contributed by atoms with Gasteiger partial charge in [0.25, 0.3) is 0 Å². The molecule has 1 aromatic carbocycles. The van der Waals surface area contributed by atoms with Gasteiger partial charge in [0.15, 0.2) is 0 Å². The zero-order valence-electron chi connectivity index (χ0n) is 9.78. The topological polar surface area (TPSA) is 72.2 Å². The molecule has 0 aromatic heterocycles. The molecule has 4 nitrogen and oxygen atoms in total. The van der Waals surface area contributed by atoms with E-state index in [0.717, 1.165) is 12.1 Å². The van der Waals surface area contributed by atoms with Crippen LogP contribution >= 0.6 is 15.9 Å². The largest absolute Gasteiger partial charge is 0.398 e. The number of benzene rings is 1. The second kappa shape index (κ2) is 5.81. The minimum Gasteiger partial charge on any atom is -0.398 e. The smallest absolute Gasteiger partial charge is 0.242 e. The van der Waals surface area contributed by atoms with Crippen LogP contribution in [0.25, 0.3) is 0 Å². The molecule has 0 aliphatic rings. The van der Waals surface area contributed by atoms with Crippen LogP contribution in [0.1, 0.15) is 13.3 Å². The highest BCUT2D eigenvalue weighted by atomic mass is 79.9. The van der Waals surface area contributed by atoms with Crippen molar-refractivity contribution < 1.29 is 12.8 Å². The molecule has 3 N–H and O–H groups in total. The Balaban J connectivity index is 3.13. The maximum atomic E-state index is 13.2. The van der Waals surface area contributed by atoms with Crippen LogP contribution in [0.2, 0.25) is 0 Å². The van der Waals surface area contributed by atoms with Gasteiger partial charge in [-0.25, -0.2) is 17.5 Å². The van der Waals surface area contributed by atoms with Crippen molar-refractivity contribution in [2.45, 2.75) is 24.3 Å². The number of rotatable bonds is 5. The predicted molar refractivity (Wildman–Crippen MR) is 73.1 cm³/mol. The quantitative estimate of drug-likeness (QED) is 0.640. The molecule has 100 valence electrons. The number of nitrogens with two attached hydrogens (primary N) is 1. The predicted octanol–water partition coefficient (Wildman–Crippen LogP) is 2.41. The van der Waals surface area contributed by atoms with Crippen molar-refractivity contribution in [3.8, 4) is 0 Å². The van der Waals surface area contributed by atoms with Crippen LogP contribution in [-0.4, -0.2) is 14.5 Å². The molecule has 0 spiro atoms. The van der Waals surface area contributed by atoms with Crippen LogP contribution in [0.15, 0.2) is 34.2 Å². The zero-order chi connectivity index (χ0) is 13.9. The van der Waals surface area contributed by atoms with Crippen molar-refractivity contribution in [3.63, 3.8) is 0 Å². The summed E-state index contributed by atoms with van der Waals surface area (Å²) in [7, 11) is -3.77. The van der Waals surface area contributed by atoms with E-state index in [1.54, 1.807) is 13.0 Å². The van der Waals surface area contributed by atoms with Crippen molar-refractivity contribution in [1.29, 1.82) is 0 Å². The number of nitrogen functional groups attached to an aromatic ring is 1. The molecular weight excluding hydrogens is 323 g/mol. The first-order valence-electron chi connectivity index (χ1n) is 5.15. The van der Waals surface area contributed by atoms with Gasteiger partial charge < -0.3 is 5.73 Å². The number of hydrogen-bond donors (Lipinski definition) is 2. The highest BCUT2D eigenvalue weighted by Crippen LogP contribution is 2.26. The fourth-order valence-electron chi connectivity index (χ4n) is 1.40. The molecule has 1 unspecified atom stereocenters. The first-order valence-corrected chi connectivity index (χ1v) is 7.43. The van der Waals surface area contributed by atoms with Gasteiger partial charge in [-0.3, -0.25) is 0 Å². The van der Waals surface area contributed by atoms with E-state index in [1.165, 1.54) is 0 Å².